The van der Waals surface area contributed by atoms with Gasteiger partial charge in [-0.2, -0.15) is 0 Å². The second-order valence-electron chi connectivity index (χ2n) is 2.44. The van der Waals surface area contributed by atoms with Gasteiger partial charge in [0.25, 0.3) is 0 Å². The summed E-state index contributed by atoms with van der Waals surface area (Å²) in [5.74, 6) is 1.19. The van der Waals surface area contributed by atoms with Crippen molar-refractivity contribution in [3.8, 4) is 0 Å². The van der Waals surface area contributed by atoms with E-state index in [1.165, 1.54) is 0 Å². The first kappa shape index (κ1) is 5.14. The molecule has 0 rings (SSSR count). The van der Waals surface area contributed by atoms with E-state index in [1.54, 1.807) is 0 Å². The Morgan fingerprint density at radius 2 is 1.86 bits per heavy atom. The van der Waals surface area contributed by atoms with Gasteiger partial charge in [0.15, 0.2) is 0 Å². The van der Waals surface area contributed by atoms with Crippen molar-refractivity contribution in [2.75, 3.05) is 0 Å². The molecule has 0 saturated carbocycles. The van der Waals surface area contributed by atoms with Crippen LogP contribution in [0.3, 0.4) is 0 Å². The first-order valence-electron chi connectivity index (χ1n) is 3.55. The molecule has 0 radical (unpaired) electrons. The van der Waals surface area contributed by atoms with Gasteiger partial charge in [0.05, 0.1) is 0 Å². The molecule has 0 heteroatoms. The first-order valence-corrected chi connectivity index (χ1v) is 2.98. The summed E-state index contributed by atoms with van der Waals surface area (Å²) in [5.41, 5.74) is 0. The molecular weight excluding hydrogens is 84.1 g/mol. The molecule has 0 aromatic heterocycles. The molecule has 0 amide bonds. The van der Waals surface area contributed by atoms with Crippen LogP contribution < -0.4 is 0 Å². The van der Waals surface area contributed by atoms with Crippen molar-refractivity contribution in [1.29, 1.82) is 0 Å². The summed E-state index contributed by atoms with van der Waals surface area (Å²) in [6.45, 7) is 8.40. The fourth-order valence-corrected chi connectivity index (χ4v) is 0.385. The van der Waals surface area contributed by atoms with Crippen molar-refractivity contribution in [3.05, 3.63) is 0 Å². The lowest BCUT2D eigenvalue weighted by molar-refractivity contribution is 0.407. The summed E-state index contributed by atoms with van der Waals surface area (Å²) in [7, 11) is 0. The van der Waals surface area contributed by atoms with E-state index >= 15 is 0 Å². The van der Waals surface area contributed by atoms with E-state index in [0.717, 1.165) is 0 Å². The number of hydrogen-bond acceptors (Lipinski definition) is 0. The highest BCUT2D eigenvalue weighted by Crippen LogP contribution is 2.11. The van der Waals surface area contributed by atoms with E-state index in [-0.39, 0.29) is 6.40 Å². The third-order valence-electron chi connectivity index (χ3n) is 1.58. The Kier molecular flexibility index (Phi) is 2.25. The summed E-state index contributed by atoms with van der Waals surface area (Å²) >= 11 is 0. The predicted molar refractivity (Wildman–Crippen MR) is 34.3 cm³/mol. The van der Waals surface area contributed by atoms with Crippen molar-refractivity contribution in [2.24, 2.45) is 11.8 Å². The van der Waals surface area contributed by atoms with Crippen molar-refractivity contribution >= 4 is 0 Å². The third-order valence-corrected chi connectivity index (χ3v) is 1.58. The van der Waals surface area contributed by atoms with Crippen LogP contribution >= 0.6 is 0 Å². The van der Waals surface area contributed by atoms with Gasteiger partial charge in [-0.25, -0.2) is 0 Å². The van der Waals surface area contributed by atoms with Gasteiger partial charge < -0.3 is 0 Å². The highest BCUT2D eigenvalue weighted by atomic mass is 14.1. The van der Waals surface area contributed by atoms with E-state index in [4.69, 9.17) is 1.37 Å². The summed E-state index contributed by atoms with van der Waals surface area (Å²) in [6, 6.07) is 0. The standard InChI is InChI=1S/C7H16/c1-5-7(4)6(2)3/h6-7H,5H2,1-4H3/t7-/m0/s1/i5D/t5?,7-. The SMILES string of the molecule is [2H]C(C)[C@H](C)C(C)C. The van der Waals surface area contributed by atoms with Crippen LogP contribution in [0, 0.1) is 11.8 Å². The van der Waals surface area contributed by atoms with Crippen LogP contribution in [-0.2, 0) is 0 Å². The van der Waals surface area contributed by atoms with Crippen molar-refractivity contribution in [1.82, 2.24) is 0 Å². The molecule has 0 N–H and O–H groups in total. The topological polar surface area (TPSA) is 0 Å². The smallest absolute Gasteiger partial charge is 0.0267 e. The van der Waals surface area contributed by atoms with Crippen LogP contribution in [0.15, 0.2) is 0 Å². The van der Waals surface area contributed by atoms with Crippen LogP contribution in [0.2, 0.25) is 0 Å². The molecule has 0 bridgehead atoms. The minimum absolute atomic E-state index is 0.0926. The lowest BCUT2D eigenvalue weighted by atomic mass is 9.96. The minimum atomic E-state index is 0.0926. The van der Waals surface area contributed by atoms with Crippen molar-refractivity contribution < 1.29 is 1.37 Å². The second-order valence-corrected chi connectivity index (χ2v) is 2.44. The number of hydrogen-bond donors (Lipinski definition) is 0. The molecule has 0 spiro atoms. The highest BCUT2D eigenvalue weighted by molar-refractivity contribution is 4.52. The molecule has 0 saturated heterocycles. The average molecular weight is 101 g/mol. The zero-order valence-corrected chi connectivity index (χ0v) is 5.73. The van der Waals surface area contributed by atoms with Crippen LogP contribution in [0.5, 0.6) is 0 Å². The van der Waals surface area contributed by atoms with Crippen molar-refractivity contribution in [3.63, 3.8) is 0 Å². The van der Waals surface area contributed by atoms with E-state index < -0.39 is 0 Å². The monoisotopic (exact) mass is 101 g/mol. The Balaban J connectivity index is 3.46. The van der Waals surface area contributed by atoms with Crippen LogP contribution in [0.1, 0.15) is 35.5 Å². The molecule has 0 heterocycles. The number of rotatable bonds is 2. The fraction of sp³-hybridized carbons (Fsp3) is 1.00. The zero-order valence-electron chi connectivity index (χ0n) is 6.73. The second kappa shape index (κ2) is 3.06. The molecule has 0 aromatic rings. The quantitative estimate of drug-likeness (QED) is 0.501. The van der Waals surface area contributed by atoms with Gasteiger partial charge >= 0.3 is 0 Å². The first-order chi connectivity index (χ1) is 3.55. The molecule has 7 heavy (non-hydrogen) atoms. The van der Waals surface area contributed by atoms with E-state index in [9.17, 15) is 0 Å². The van der Waals surface area contributed by atoms with Crippen molar-refractivity contribution in [2.45, 2.75) is 34.1 Å². The Bertz CT molecular complexity index is 49.4. The summed E-state index contributed by atoms with van der Waals surface area (Å²) in [4.78, 5) is 0. The maximum absolute atomic E-state index is 7.31. The zero-order chi connectivity index (χ0) is 6.73. The maximum atomic E-state index is 7.31. The molecule has 44 valence electrons. The molecule has 0 aliphatic carbocycles. The molecule has 0 aliphatic heterocycles. The lowest BCUT2D eigenvalue weighted by Crippen LogP contribution is -2.00. The largest absolute Gasteiger partial charge is 0.0651 e. The van der Waals surface area contributed by atoms with E-state index in [1.807, 2.05) is 6.92 Å². The average Bonchev–Trinajstić information content (AvgIpc) is 1.64. The van der Waals surface area contributed by atoms with Crippen LogP contribution in [0.25, 0.3) is 0 Å². The highest BCUT2D eigenvalue weighted by Gasteiger charge is 2.01. The predicted octanol–water partition coefficient (Wildman–Crippen LogP) is 2.69. The lowest BCUT2D eigenvalue weighted by Gasteiger charge is -2.10. The molecular formula is C7H16. The van der Waals surface area contributed by atoms with E-state index in [0.29, 0.717) is 11.8 Å². The normalized spacial score (nSPS) is 21.6. The van der Waals surface area contributed by atoms with Gasteiger partial charge in [0.1, 0.15) is 0 Å². The van der Waals surface area contributed by atoms with E-state index in [2.05, 4.69) is 20.8 Å². The molecule has 0 aliphatic rings. The molecule has 0 nitrogen and oxygen atoms in total. The minimum Gasteiger partial charge on any atom is -0.0651 e. The van der Waals surface area contributed by atoms with Crippen LogP contribution in [0.4, 0.5) is 0 Å². The Labute approximate surface area is 48.3 Å². The third kappa shape index (κ3) is 2.67. The summed E-state index contributed by atoms with van der Waals surface area (Å²) < 4.78 is 7.31. The Morgan fingerprint density at radius 1 is 1.43 bits per heavy atom. The Morgan fingerprint density at radius 3 is 1.86 bits per heavy atom. The Hall–Kier alpha value is 0. The van der Waals surface area contributed by atoms with Crippen LogP contribution in [-0.4, -0.2) is 0 Å². The van der Waals surface area contributed by atoms with Gasteiger partial charge in [-0.1, -0.05) is 34.1 Å². The molecule has 1 unspecified atom stereocenters. The fourth-order valence-electron chi connectivity index (χ4n) is 0.385. The summed E-state index contributed by atoms with van der Waals surface area (Å²) in [5, 5.41) is 0. The molecule has 0 aromatic carbocycles. The van der Waals surface area contributed by atoms with Gasteiger partial charge in [-0.3, -0.25) is 0 Å². The molecule has 0 fully saturated rings. The maximum Gasteiger partial charge on any atom is 0.0267 e. The van der Waals surface area contributed by atoms with Gasteiger partial charge in [-0.05, 0) is 11.8 Å². The van der Waals surface area contributed by atoms with Gasteiger partial charge in [0, 0.05) is 1.37 Å². The van der Waals surface area contributed by atoms with Gasteiger partial charge in [-0.15, -0.1) is 0 Å². The molecule has 2 atom stereocenters. The van der Waals surface area contributed by atoms with Gasteiger partial charge in [0.2, 0.25) is 0 Å². The summed E-state index contributed by atoms with van der Waals surface area (Å²) in [6.07, 6.45) is 0.0926.